The molecule has 4 rings (SSSR count). The molecule has 0 spiro atoms. The van der Waals surface area contributed by atoms with Crippen molar-refractivity contribution in [2.45, 2.75) is 0 Å². The molecule has 2 aromatic heterocycles. The van der Waals surface area contributed by atoms with E-state index in [0.29, 0.717) is 0 Å². The molecule has 6 heteroatoms. The van der Waals surface area contributed by atoms with E-state index in [1.807, 2.05) is 36.7 Å². The van der Waals surface area contributed by atoms with Gasteiger partial charge in [0.1, 0.15) is 11.5 Å². The maximum atomic E-state index is 9.87. The molecule has 0 bridgehead atoms. The summed E-state index contributed by atoms with van der Waals surface area (Å²) in [7, 11) is 0. The van der Waals surface area contributed by atoms with Gasteiger partial charge in [-0.05, 0) is 47.5 Å². The Morgan fingerprint density at radius 2 is 1.00 bits per heavy atom. The number of aromatic hydroxyl groups is 2. The Hall–Kier alpha value is 0.00312. The van der Waals surface area contributed by atoms with E-state index in [0.717, 1.165) is 32.9 Å². The predicted molar refractivity (Wildman–Crippen MR) is 78.9 cm³/mol. The van der Waals surface area contributed by atoms with Crippen LogP contribution in [0.1, 0.15) is 0 Å². The molecule has 0 aliphatic carbocycles. The molecule has 0 saturated carbocycles. The van der Waals surface area contributed by atoms with Crippen LogP contribution >= 0.6 is 0 Å². The second-order valence-electron chi connectivity index (χ2n) is 4.80. The molecule has 0 atom stereocenters. The van der Waals surface area contributed by atoms with Gasteiger partial charge in [0.15, 0.2) is 0 Å². The van der Waals surface area contributed by atoms with Gasteiger partial charge in [-0.2, -0.15) is 0 Å². The van der Waals surface area contributed by atoms with Gasteiger partial charge in [0.05, 0.1) is 11.0 Å². The first kappa shape index (κ1) is 18.3. The summed E-state index contributed by atoms with van der Waals surface area (Å²) in [5.41, 5.74) is 3.48. The standard InChI is InChI=1S/C16H12N2O2.2Ac/c19-13-3-1-9(11-5-7-17-15(11)13)10-2-4-14(20)16-12(10)6-8-18-16;;/h1-8,17-20H;;. The third kappa shape index (κ3) is 2.89. The maximum absolute atomic E-state index is 9.87. The predicted octanol–water partition coefficient (Wildman–Crippen LogP) is 3.73. The fourth-order valence-electron chi connectivity index (χ4n) is 2.75. The fraction of sp³-hybridized carbons (Fsp3) is 0. The van der Waals surface area contributed by atoms with Crippen LogP contribution in [0, 0.1) is 88.1 Å². The SMILES string of the molecule is Oc1ccc(-c2ccc(O)c3[nH]ccc23)c2cc[nH]c12.[Ac].[Ac]. The molecule has 104 valence electrons. The Morgan fingerprint density at radius 3 is 1.41 bits per heavy atom. The number of hydrogen-bond acceptors (Lipinski definition) is 2. The third-order valence-corrected chi connectivity index (χ3v) is 3.69. The molecular weight excluding hydrogens is 706 g/mol. The van der Waals surface area contributed by atoms with Crippen molar-refractivity contribution in [3.63, 3.8) is 0 Å². The quantitative estimate of drug-likeness (QED) is 0.243. The average Bonchev–Trinajstić information content (AvgIpc) is 3.09. The van der Waals surface area contributed by atoms with Gasteiger partial charge in [-0.3, -0.25) is 0 Å². The molecule has 0 fully saturated rings. The van der Waals surface area contributed by atoms with Gasteiger partial charge in [-0.1, -0.05) is 0 Å². The van der Waals surface area contributed by atoms with Crippen molar-refractivity contribution in [1.29, 1.82) is 0 Å². The summed E-state index contributed by atoms with van der Waals surface area (Å²) in [4.78, 5) is 6.09. The van der Waals surface area contributed by atoms with Gasteiger partial charge in [0, 0.05) is 111 Å². The molecule has 2 radical (unpaired) electrons. The van der Waals surface area contributed by atoms with Crippen LogP contribution in [-0.4, -0.2) is 20.2 Å². The molecule has 4 N–H and O–H groups in total. The normalized spacial score (nSPS) is 10.4. The van der Waals surface area contributed by atoms with E-state index >= 15 is 0 Å². The monoisotopic (exact) mass is 718 g/mol. The molecule has 22 heavy (non-hydrogen) atoms. The zero-order chi connectivity index (χ0) is 13.7. The van der Waals surface area contributed by atoms with Gasteiger partial charge in [0.25, 0.3) is 0 Å². The second-order valence-corrected chi connectivity index (χ2v) is 4.80. The number of aromatic amines is 2. The second kappa shape index (κ2) is 7.27. The smallest absolute Gasteiger partial charge is 0.139 e. The Kier molecular flexibility index (Phi) is 6.06. The number of phenols is 2. The summed E-state index contributed by atoms with van der Waals surface area (Å²) >= 11 is 0. The molecule has 0 unspecified atom stereocenters. The first-order valence-corrected chi connectivity index (χ1v) is 6.34. The van der Waals surface area contributed by atoms with Crippen LogP contribution in [-0.2, 0) is 0 Å². The van der Waals surface area contributed by atoms with Crippen molar-refractivity contribution in [3.05, 3.63) is 48.8 Å². The number of phenolic OH excluding ortho intramolecular Hbond substituents is 2. The Balaban J connectivity index is 0.000000882. The number of benzene rings is 2. The fourth-order valence-corrected chi connectivity index (χ4v) is 2.75. The van der Waals surface area contributed by atoms with Crippen LogP contribution in [0.5, 0.6) is 11.5 Å². The molecule has 2 aromatic carbocycles. The summed E-state index contributed by atoms with van der Waals surface area (Å²) in [6.45, 7) is 0. The van der Waals surface area contributed by atoms with Crippen LogP contribution in [0.2, 0.25) is 0 Å². The van der Waals surface area contributed by atoms with E-state index in [1.54, 1.807) is 12.1 Å². The molecule has 0 aliphatic rings. The van der Waals surface area contributed by atoms with Gasteiger partial charge in [0.2, 0.25) is 0 Å². The van der Waals surface area contributed by atoms with Gasteiger partial charge < -0.3 is 20.2 Å². The van der Waals surface area contributed by atoms with Gasteiger partial charge in [-0.15, -0.1) is 0 Å². The number of rotatable bonds is 1. The minimum atomic E-state index is 0. The first-order valence-electron chi connectivity index (χ1n) is 6.34. The summed E-state index contributed by atoms with van der Waals surface area (Å²) in [5, 5.41) is 21.7. The topological polar surface area (TPSA) is 72.0 Å². The molecular formula is C16H12Ac2N2O2. The van der Waals surface area contributed by atoms with Crippen molar-refractivity contribution in [2.75, 3.05) is 0 Å². The van der Waals surface area contributed by atoms with E-state index in [1.165, 1.54) is 0 Å². The van der Waals surface area contributed by atoms with Crippen molar-refractivity contribution >= 4 is 21.8 Å². The van der Waals surface area contributed by atoms with Crippen molar-refractivity contribution in [3.8, 4) is 22.6 Å². The van der Waals surface area contributed by atoms with E-state index in [9.17, 15) is 10.2 Å². The third-order valence-electron chi connectivity index (χ3n) is 3.69. The van der Waals surface area contributed by atoms with Gasteiger partial charge >= 0.3 is 0 Å². The van der Waals surface area contributed by atoms with Crippen LogP contribution in [0.15, 0.2) is 48.8 Å². The summed E-state index contributed by atoms with van der Waals surface area (Å²) < 4.78 is 0. The number of aromatic nitrogens is 2. The van der Waals surface area contributed by atoms with Crippen molar-refractivity contribution in [2.24, 2.45) is 0 Å². The average molecular weight is 718 g/mol. The van der Waals surface area contributed by atoms with Crippen molar-refractivity contribution in [1.82, 2.24) is 9.97 Å². The largest absolute Gasteiger partial charge is 0.506 e. The van der Waals surface area contributed by atoms with E-state index in [2.05, 4.69) is 9.97 Å². The maximum Gasteiger partial charge on any atom is 0.139 e. The number of nitrogens with one attached hydrogen (secondary N) is 2. The summed E-state index contributed by atoms with van der Waals surface area (Å²) in [6, 6.07) is 11.0. The van der Waals surface area contributed by atoms with E-state index < -0.39 is 0 Å². The van der Waals surface area contributed by atoms with Crippen LogP contribution < -0.4 is 0 Å². The Morgan fingerprint density at radius 1 is 0.591 bits per heavy atom. The molecule has 2 heterocycles. The van der Waals surface area contributed by atoms with Crippen LogP contribution in [0.3, 0.4) is 0 Å². The van der Waals surface area contributed by atoms with Crippen molar-refractivity contribution < 1.29 is 98.3 Å². The Labute approximate surface area is 198 Å². The number of H-pyrrole nitrogens is 2. The molecule has 0 saturated heterocycles. The minimum Gasteiger partial charge on any atom is -0.506 e. The first-order chi connectivity index (χ1) is 9.75. The molecule has 4 nitrogen and oxygen atoms in total. The molecule has 4 aromatic rings. The molecule has 0 amide bonds. The Bertz CT molecular complexity index is 866. The minimum absolute atomic E-state index is 0. The zero-order valence-electron chi connectivity index (χ0n) is 11.7. The van der Waals surface area contributed by atoms with Crippen LogP contribution in [0.25, 0.3) is 32.9 Å². The number of hydrogen-bond donors (Lipinski definition) is 4. The molecule has 0 aliphatic heterocycles. The van der Waals surface area contributed by atoms with E-state index in [4.69, 9.17) is 0 Å². The summed E-state index contributed by atoms with van der Waals surface area (Å²) in [6.07, 6.45) is 3.62. The van der Waals surface area contributed by atoms with Crippen LogP contribution in [0.4, 0.5) is 0 Å². The number of fused-ring (bicyclic) bond motifs is 2. The zero-order valence-corrected chi connectivity index (χ0v) is 21.2. The summed E-state index contributed by atoms with van der Waals surface area (Å²) in [5.74, 6) is 0.468. The van der Waals surface area contributed by atoms with Gasteiger partial charge in [-0.25, -0.2) is 0 Å². The van der Waals surface area contributed by atoms with E-state index in [-0.39, 0.29) is 99.6 Å².